The molecule has 2 rings (SSSR count). The fourth-order valence-corrected chi connectivity index (χ4v) is 2.38. The molecule has 0 saturated carbocycles. The fourth-order valence-electron chi connectivity index (χ4n) is 1.79. The van der Waals surface area contributed by atoms with Gasteiger partial charge in [0.05, 0.1) is 26.4 Å². The van der Waals surface area contributed by atoms with Gasteiger partial charge in [0.25, 0.3) is 5.91 Å². The summed E-state index contributed by atoms with van der Waals surface area (Å²) in [5.74, 6) is -0.316. The van der Waals surface area contributed by atoms with Gasteiger partial charge in [-0.05, 0) is 25.1 Å². The average molecular weight is 333 g/mol. The Balaban J connectivity index is 2.30. The van der Waals surface area contributed by atoms with Crippen LogP contribution in [0.5, 0.6) is 0 Å². The normalized spacial score (nSPS) is 10.6. The number of nitrogens with one attached hydrogen (secondary N) is 1. The van der Waals surface area contributed by atoms with Crippen molar-refractivity contribution in [2.24, 2.45) is 0 Å². The number of aromatic nitrogens is 1. The minimum absolute atomic E-state index is 0.315. The third-order valence-electron chi connectivity index (χ3n) is 2.75. The van der Waals surface area contributed by atoms with E-state index in [-0.39, 0.29) is 5.91 Å². The summed E-state index contributed by atoms with van der Waals surface area (Å²) in [5, 5.41) is 3.65. The smallest absolute Gasteiger partial charge is 0.272 e. The highest BCUT2D eigenvalue weighted by Gasteiger charge is 2.15. The van der Waals surface area contributed by atoms with Crippen LogP contribution < -0.4 is 11.1 Å². The van der Waals surface area contributed by atoms with Gasteiger partial charge in [-0.25, -0.2) is 0 Å². The van der Waals surface area contributed by atoms with Crippen LogP contribution in [0, 0.1) is 0 Å². The zero-order valence-corrected chi connectivity index (χ0v) is 12.9. The molecule has 0 saturated heterocycles. The van der Waals surface area contributed by atoms with Crippen molar-refractivity contribution in [1.82, 2.24) is 4.57 Å². The van der Waals surface area contributed by atoms with Gasteiger partial charge in [0, 0.05) is 12.7 Å². The number of nitrogens with two attached hydrogens (primary N) is 1. The number of aryl methyl sites for hydroxylation is 1. The Kier molecular flexibility index (Phi) is 4.48. The van der Waals surface area contributed by atoms with Crippen LogP contribution in [0.15, 0.2) is 24.4 Å². The Hall–Kier alpha value is -1.36. The molecular weight excluding hydrogens is 321 g/mol. The van der Waals surface area contributed by atoms with E-state index in [0.717, 1.165) is 0 Å². The molecule has 106 valence electrons. The Morgan fingerprint density at radius 3 is 2.50 bits per heavy atom. The first-order chi connectivity index (χ1) is 9.42. The Morgan fingerprint density at radius 2 is 1.85 bits per heavy atom. The molecule has 0 aliphatic carbocycles. The molecule has 7 heteroatoms. The molecular formula is C13H12Cl3N3O. The number of anilines is 2. The van der Waals surface area contributed by atoms with E-state index in [9.17, 15) is 4.79 Å². The van der Waals surface area contributed by atoms with Crippen molar-refractivity contribution in [2.75, 3.05) is 11.1 Å². The first-order valence-corrected chi connectivity index (χ1v) is 6.97. The summed E-state index contributed by atoms with van der Waals surface area (Å²) < 4.78 is 1.75. The molecule has 1 aromatic heterocycles. The molecule has 0 atom stereocenters. The zero-order valence-electron chi connectivity index (χ0n) is 10.6. The Labute approximate surface area is 131 Å². The second kappa shape index (κ2) is 5.95. The number of carbonyl (C=O) groups is 1. The van der Waals surface area contributed by atoms with Crippen LogP contribution in [0.2, 0.25) is 15.1 Å². The summed E-state index contributed by atoms with van der Waals surface area (Å²) in [6, 6.07) is 4.59. The first kappa shape index (κ1) is 15.0. The number of hydrogen-bond donors (Lipinski definition) is 2. The van der Waals surface area contributed by atoms with Crippen LogP contribution in [0.4, 0.5) is 11.4 Å². The van der Waals surface area contributed by atoms with Gasteiger partial charge in [-0.15, -0.1) is 0 Å². The number of halogens is 3. The third-order valence-corrected chi connectivity index (χ3v) is 3.78. The maximum absolute atomic E-state index is 12.2. The van der Waals surface area contributed by atoms with E-state index >= 15 is 0 Å². The lowest BCUT2D eigenvalue weighted by molar-refractivity contribution is 0.101. The second-order valence-corrected chi connectivity index (χ2v) is 5.37. The fraction of sp³-hybridized carbons (Fsp3) is 0.154. The number of hydrogen-bond acceptors (Lipinski definition) is 2. The highest BCUT2D eigenvalue weighted by Crippen LogP contribution is 2.32. The van der Waals surface area contributed by atoms with Crippen LogP contribution >= 0.6 is 34.8 Å². The predicted octanol–water partition coefficient (Wildman–Crippen LogP) is 4.30. The molecule has 2 aromatic rings. The molecule has 1 heterocycles. The van der Waals surface area contributed by atoms with Gasteiger partial charge in [0.2, 0.25) is 0 Å². The molecule has 0 unspecified atom stereocenters. The van der Waals surface area contributed by atoms with Crippen molar-refractivity contribution >= 4 is 52.1 Å². The Bertz CT molecular complexity index is 667. The molecule has 1 aromatic carbocycles. The molecule has 0 aliphatic heterocycles. The van der Waals surface area contributed by atoms with Gasteiger partial charge >= 0.3 is 0 Å². The second-order valence-electron chi connectivity index (χ2n) is 4.14. The van der Waals surface area contributed by atoms with Gasteiger partial charge in [-0.3, -0.25) is 4.79 Å². The van der Waals surface area contributed by atoms with Crippen LogP contribution in [0.1, 0.15) is 17.4 Å². The molecule has 1 amide bonds. The summed E-state index contributed by atoms with van der Waals surface area (Å²) in [6.45, 7) is 2.55. The molecule has 0 bridgehead atoms. The largest absolute Gasteiger partial charge is 0.397 e. The lowest BCUT2D eigenvalue weighted by Crippen LogP contribution is -2.16. The van der Waals surface area contributed by atoms with Crippen molar-refractivity contribution in [1.29, 1.82) is 0 Å². The molecule has 3 N–H and O–H groups in total. The monoisotopic (exact) mass is 331 g/mol. The maximum Gasteiger partial charge on any atom is 0.272 e. The van der Waals surface area contributed by atoms with E-state index in [2.05, 4.69) is 5.32 Å². The van der Waals surface area contributed by atoms with E-state index in [0.29, 0.717) is 38.7 Å². The van der Waals surface area contributed by atoms with E-state index in [1.165, 1.54) is 12.1 Å². The molecule has 20 heavy (non-hydrogen) atoms. The highest BCUT2D eigenvalue weighted by atomic mass is 35.5. The summed E-state index contributed by atoms with van der Waals surface area (Å²) in [7, 11) is 0. The van der Waals surface area contributed by atoms with Crippen molar-refractivity contribution < 1.29 is 4.79 Å². The first-order valence-electron chi connectivity index (χ1n) is 5.84. The van der Waals surface area contributed by atoms with Gasteiger partial charge in [-0.2, -0.15) is 0 Å². The number of amides is 1. The summed E-state index contributed by atoms with van der Waals surface area (Å²) in [5.41, 5.74) is 7.07. The molecule has 0 fully saturated rings. The van der Waals surface area contributed by atoms with Crippen molar-refractivity contribution in [3.05, 3.63) is 45.2 Å². The third kappa shape index (κ3) is 3.03. The van der Waals surface area contributed by atoms with E-state index in [1.807, 2.05) is 6.92 Å². The van der Waals surface area contributed by atoms with E-state index in [4.69, 9.17) is 40.5 Å². The lowest BCUT2D eigenvalue weighted by atomic mass is 10.3. The van der Waals surface area contributed by atoms with Crippen LogP contribution in [-0.4, -0.2) is 10.5 Å². The van der Waals surface area contributed by atoms with Crippen LogP contribution in [0.25, 0.3) is 0 Å². The van der Waals surface area contributed by atoms with Crippen molar-refractivity contribution in [3.63, 3.8) is 0 Å². The summed E-state index contributed by atoms with van der Waals surface area (Å²) in [4.78, 5) is 12.2. The average Bonchev–Trinajstić information content (AvgIpc) is 2.77. The summed E-state index contributed by atoms with van der Waals surface area (Å²) in [6.07, 6.45) is 1.70. The molecule has 0 spiro atoms. The number of carbonyl (C=O) groups excluding carboxylic acids is 1. The number of benzene rings is 1. The Morgan fingerprint density at radius 1 is 1.20 bits per heavy atom. The minimum Gasteiger partial charge on any atom is -0.397 e. The zero-order chi connectivity index (χ0) is 14.9. The SMILES string of the molecule is CCn1cc(N)cc1C(=O)Nc1cc(Cl)c(Cl)cc1Cl. The predicted molar refractivity (Wildman–Crippen MR) is 83.9 cm³/mol. The number of nitrogen functional groups attached to an aromatic ring is 1. The van der Waals surface area contributed by atoms with E-state index < -0.39 is 0 Å². The maximum atomic E-state index is 12.2. The summed E-state index contributed by atoms with van der Waals surface area (Å²) >= 11 is 17.8. The van der Waals surface area contributed by atoms with Crippen molar-refractivity contribution in [3.8, 4) is 0 Å². The van der Waals surface area contributed by atoms with Gasteiger partial charge < -0.3 is 15.6 Å². The van der Waals surface area contributed by atoms with Gasteiger partial charge in [0.1, 0.15) is 5.69 Å². The van der Waals surface area contributed by atoms with Crippen molar-refractivity contribution in [2.45, 2.75) is 13.5 Å². The van der Waals surface area contributed by atoms with E-state index in [1.54, 1.807) is 16.8 Å². The van der Waals surface area contributed by atoms with Gasteiger partial charge in [-0.1, -0.05) is 34.8 Å². The standard InChI is InChI=1S/C13H12Cl3N3O/c1-2-19-6-7(17)3-12(19)13(20)18-11-5-9(15)8(14)4-10(11)16/h3-6H,2,17H2,1H3,(H,18,20). The highest BCUT2D eigenvalue weighted by molar-refractivity contribution is 6.44. The molecule has 0 aliphatic rings. The molecule has 0 radical (unpaired) electrons. The topological polar surface area (TPSA) is 60.0 Å². The van der Waals surface area contributed by atoms with Crippen LogP contribution in [-0.2, 0) is 6.54 Å². The minimum atomic E-state index is -0.316. The number of nitrogens with zero attached hydrogens (tertiary/aromatic N) is 1. The van der Waals surface area contributed by atoms with Crippen LogP contribution in [0.3, 0.4) is 0 Å². The molecule has 4 nitrogen and oxygen atoms in total. The van der Waals surface area contributed by atoms with Gasteiger partial charge in [0.15, 0.2) is 0 Å². The number of rotatable bonds is 3. The quantitative estimate of drug-likeness (QED) is 0.823. The lowest BCUT2D eigenvalue weighted by Gasteiger charge is -2.10.